The largest absolute Gasteiger partial charge is 0.619 e. The molecule has 1 aliphatic heterocycles. The molecule has 1 aliphatic rings. The van der Waals surface area contributed by atoms with Crippen LogP contribution in [0.5, 0.6) is 0 Å². The maximum absolute atomic E-state index is 13.3. The highest BCUT2D eigenvalue weighted by molar-refractivity contribution is 7.12. The van der Waals surface area contributed by atoms with Crippen LogP contribution in [0, 0.1) is 0 Å². The highest BCUT2D eigenvalue weighted by atomic mass is 32.1. The summed E-state index contributed by atoms with van der Waals surface area (Å²) in [5, 5.41) is 1.44. The Morgan fingerprint density at radius 3 is 2.30 bits per heavy atom. The van der Waals surface area contributed by atoms with Gasteiger partial charge in [-0.1, -0.05) is 6.07 Å². The van der Waals surface area contributed by atoms with Crippen LogP contribution in [0.15, 0.2) is 17.5 Å². The van der Waals surface area contributed by atoms with Crippen molar-refractivity contribution in [1.82, 2.24) is 4.90 Å². The number of rotatable bonds is 3. The fourth-order valence-corrected chi connectivity index (χ4v) is 2.69. The van der Waals surface area contributed by atoms with Crippen LogP contribution in [0.2, 0.25) is 5.82 Å². The topological polar surface area (TPSA) is 72.9 Å². The molecule has 0 spiro atoms. The predicted octanol–water partition coefficient (Wildman–Crippen LogP) is 1.38. The Morgan fingerprint density at radius 2 is 1.87 bits per heavy atom. The molecule has 0 N–H and O–H groups in total. The van der Waals surface area contributed by atoms with Crippen LogP contribution in [0.4, 0.5) is 13.2 Å². The number of Topliss-reactive ketones (excluding diaryl/α,β-unsaturated/α-hetero) is 1. The summed E-state index contributed by atoms with van der Waals surface area (Å²) in [7, 11) is -0.931. The molecule has 0 amide bonds. The summed E-state index contributed by atoms with van der Waals surface area (Å²) in [5.41, 5.74) is 0. The van der Waals surface area contributed by atoms with Crippen LogP contribution in [-0.4, -0.2) is 56.1 Å². The number of likely N-dealkylation sites (N-methyl/N-ethyl adjacent to an activating group) is 1. The van der Waals surface area contributed by atoms with Crippen LogP contribution in [0.25, 0.3) is 0 Å². The van der Waals surface area contributed by atoms with Gasteiger partial charge in [-0.25, -0.2) is 0 Å². The quantitative estimate of drug-likeness (QED) is 0.607. The number of hydrogen-bond donors (Lipinski definition) is 0. The van der Waals surface area contributed by atoms with Gasteiger partial charge in [0.2, 0.25) is 0 Å². The first-order valence-corrected chi connectivity index (χ1v) is 7.28. The first-order chi connectivity index (χ1) is 10.7. The first kappa shape index (κ1) is 17.5. The lowest BCUT2D eigenvalue weighted by atomic mass is 9.68. The lowest BCUT2D eigenvalue weighted by Crippen LogP contribution is -2.49. The van der Waals surface area contributed by atoms with E-state index in [4.69, 9.17) is 0 Å². The maximum Gasteiger partial charge on any atom is 0.619 e. The van der Waals surface area contributed by atoms with Gasteiger partial charge in [-0.05, 0) is 18.5 Å². The second-order valence-corrected chi connectivity index (χ2v) is 5.83. The number of alkyl halides is 3. The molecule has 23 heavy (non-hydrogen) atoms. The number of carbonyl (C=O) groups is 3. The highest BCUT2D eigenvalue weighted by Gasteiger charge is 2.59. The van der Waals surface area contributed by atoms with Crippen molar-refractivity contribution in [2.75, 3.05) is 20.1 Å². The standard InChI is InChI=1S/C12H11BF3NO5S/c1-17-5-8(18)21-13(22-9(19)6-17)11(12(14,15)16)10(20)7-3-2-4-23-7/h2-4,11H,5-6H2,1H3/t11-/m1/s1. The van der Waals surface area contributed by atoms with Gasteiger partial charge in [0, 0.05) is 0 Å². The van der Waals surface area contributed by atoms with E-state index < -0.39 is 36.8 Å². The lowest BCUT2D eigenvalue weighted by molar-refractivity contribution is -0.150. The molecule has 0 unspecified atom stereocenters. The second kappa shape index (κ2) is 6.71. The molecular weight excluding hydrogens is 338 g/mol. The van der Waals surface area contributed by atoms with Crippen molar-refractivity contribution in [3.8, 4) is 0 Å². The van der Waals surface area contributed by atoms with Gasteiger partial charge in [0.1, 0.15) is 0 Å². The van der Waals surface area contributed by atoms with Crippen LogP contribution >= 0.6 is 11.3 Å². The van der Waals surface area contributed by atoms with E-state index in [1.54, 1.807) is 0 Å². The third-order valence-electron chi connectivity index (χ3n) is 2.96. The number of ketones is 1. The molecule has 1 saturated heterocycles. The van der Waals surface area contributed by atoms with Crippen molar-refractivity contribution in [3.05, 3.63) is 22.4 Å². The van der Waals surface area contributed by atoms with Gasteiger partial charge in [0.05, 0.1) is 18.0 Å². The Labute approximate surface area is 133 Å². The van der Waals surface area contributed by atoms with E-state index in [-0.39, 0.29) is 18.0 Å². The zero-order valence-electron chi connectivity index (χ0n) is 11.8. The first-order valence-electron chi connectivity index (χ1n) is 6.40. The smallest absolute Gasteiger partial charge is 0.498 e. The van der Waals surface area contributed by atoms with E-state index in [9.17, 15) is 27.6 Å². The zero-order valence-corrected chi connectivity index (χ0v) is 12.6. The highest BCUT2D eigenvalue weighted by Crippen LogP contribution is 2.38. The van der Waals surface area contributed by atoms with E-state index in [1.807, 2.05) is 0 Å². The van der Waals surface area contributed by atoms with Crippen molar-refractivity contribution in [1.29, 1.82) is 0 Å². The van der Waals surface area contributed by atoms with Crippen molar-refractivity contribution in [2.45, 2.75) is 12.0 Å². The average Bonchev–Trinajstić information content (AvgIpc) is 2.88. The summed E-state index contributed by atoms with van der Waals surface area (Å²) in [6, 6.07) is 2.63. The Kier molecular flexibility index (Phi) is 5.10. The summed E-state index contributed by atoms with van der Waals surface area (Å²) < 4.78 is 49.1. The fraction of sp³-hybridized carbons (Fsp3) is 0.417. The molecule has 6 nitrogen and oxygen atoms in total. The van der Waals surface area contributed by atoms with E-state index in [1.165, 1.54) is 29.5 Å². The summed E-state index contributed by atoms with van der Waals surface area (Å²) in [4.78, 5) is 36.3. The summed E-state index contributed by atoms with van der Waals surface area (Å²) in [5.74, 6) is -6.11. The van der Waals surface area contributed by atoms with E-state index in [0.717, 1.165) is 11.3 Å². The minimum absolute atomic E-state index is 0.168. The molecule has 1 atom stereocenters. The maximum atomic E-state index is 13.3. The fourth-order valence-electron chi connectivity index (χ4n) is 1.99. The zero-order chi connectivity index (χ0) is 17.2. The predicted molar refractivity (Wildman–Crippen MR) is 73.9 cm³/mol. The monoisotopic (exact) mass is 349 g/mol. The number of carbonyl (C=O) groups excluding carboxylic acids is 3. The van der Waals surface area contributed by atoms with Crippen LogP contribution in [0.3, 0.4) is 0 Å². The second-order valence-electron chi connectivity index (χ2n) is 4.88. The van der Waals surface area contributed by atoms with Gasteiger partial charge in [-0.2, -0.15) is 13.2 Å². The van der Waals surface area contributed by atoms with Gasteiger partial charge >= 0.3 is 25.2 Å². The molecule has 0 saturated carbocycles. The Morgan fingerprint density at radius 1 is 1.30 bits per heavy atom. The van der Waals surface area contributed by atoms with Crippen molar-refractivity contribution in [3.63, 3.8) is 0 Å². The Bertz CT molecular complexity index is 586. The van der Waals surface area contributed by atoms with Gasteiger partial charge in [0.15, 0.2) is 11.6 Å². The summed E-state index contributed by atoms with van der Waals surface area (Å²) in [6.07, 6.45) is -5.04. The molecule has 11 heteroatoms. The minimum Gasteiger partial charge on any atom is -0.498 e. The Balaban J connectivity index is 2.32. The minimum atomic E-state index is -5.04. The van der Waals surface area contributed by atoms with Crippen molar-refractivity contribution < 1.29 is 36.9 Å². The number of halogens is 3. The molecular formula is C12H11BF3NO5S. The third kappa shape index (κ3) is 4.32. The molecule has 1 aromatic heterocycles. The molecule has 2 rings (SSSR count). The normalized spacial score (nSPS) is 18.7. The van der Waals surface area contributed by atoms with Crippen molar-refractivity contribution >= 4 is 36.2 Å². The molecule has 1 aromatic rings. The molecule has 1 fully saturated rings. The average molecular weight is 349 g/mol. The molecule has 2 heterocycles. The molecule has 124 valence electrons. The van der Waals surface area contributed by atoms with Gasteiger partial charge in [-0.3, -0.25) is 19.3 Å². The third-order valence-corrected chi connectivity index (χ3v) is 3.85. The molecule has 0 radical (unpaired) electrons. The number of hydrogen-bond acceptors (Lipinski definition) is 7. The molecule has 0 bridgehead atoms. The molecule has 0 aliphatic carbocycles. The van der Waals surface area contributed by atoms with Gasteiger partial charge in [-0.15, -0.1) is 11.3 Å². The summed E-state index contributed by atoms with van der Waals surface area (Å²) in [6.45, 7) is -0.771. The number of nitrogens with zero attached hydrogens (tertiary/aromatic N) is 1. The lowest BCUT2D eigenvalue weighted by Gasteiger charge is -2.27. The SMILES string of the molecule is CN1CC(=O)OB([C@H](C(=O)c2cccs2)C(F)(F)F)OC(=O)C1. The Hall–Kier alpha value is -1.88. The van der Waals surface area contributed by atoms with Crippen LogP contribution in [0.1, 0.15) is 9.67 Å². The molecule has 0 aromatic carbocycles. The van der Waals surface area contributed by atoms with E-state index in [0.29, 0.717) is 0 Å². The van der Waals surface area contributed by atoms with E-state index >= 15 is 0 Å². The van der Waals surface area contributed by atoms with Gasteiger partial charge < -0.3 is 9.31 Å². The van der Waals surface area contributed by atoms with Crippen LogP contribution in [-0.2, 0) is 18.9 Å². The van der Waals surface area contributed by atoms with Crippen LogP contribution < -0.4 is 0 Å². The summed E-state index contributed by atoms with van der Waals surface area (Å²) >= 11 is 0.812. The van der Waals surface area contributed by atoms with Gasteiger partial charge in [0.25, 0.3) is 0 Å². The number of thiophene rings is 1. The van der Waals surface area contributed by atoms with E-state index in [2.05, 4.69) is 9.31 Å². The van der Waals surface area contributed by atoms with Crippen molar-refractivity contribution in [2.24, 2.45) is 0 Å².